The maximum absolute atomic E-state index is 13.2. The third-order valence-electron chi connectivity index (χ3n) is 7.06. The maximum atomic E-state index is 13.2. The average molecular weight is 576 g/mol. The molecule has 204 valence electrons. The number of nitrogens with zero attached hydrogens (tertiary/aromatic N) is 3. The van der Waals surface area contributed by atoms with Crippen molar-refractivity contribution < 1.29 is 9.53 Å². The molecule has 0 aliphatic carbocycles. The molecule has 4 aromatic carbocycles. The summed E-state index contributed by atoms with van der Waals surface area (Å²) < 4.78 is 8.63. The Bertz CT molecular complexity index is 1740. The van der Waals surface area contributed by atoms with Crippen LogP contribution in [0.5, 0.6) is 5.75 Å². The summed E-state index contributed by atoms with van der Waals surface area (Å²) >= 11 is 6.88. The van der Waals surface area contributed by atoms with Crippen molar-refractivity contribution in [3.63, 3.8) is 0 Å². The monoisotopic (exact) mass is 575 g/mol. The summed E-state index contributed by atoms with van der Waals surface area (Å²) in [5.41, 5.74) is 4.67. The van der Waals surface area contributed by atoms with Gasteiger partial charge in [0.1, 0.15) is 16.7 Å². The molecule has 1 saturated heterocycles. The Balaban J connectivity index is 1.28. The molecule has 0 saturated carbocycles. The fourth-order valence-corrected chi connectivity index (χ4v) is 6.17. The Morgan fingerprint density at radius 3 is 2.49 bits per heavy atom. The maximum Gasteiger partial charge on any atom is 0.266 e. The lowest BCUT2D eigenvalue weighted by Crippen LogP contribution is -2.28. The van der Waals surface area contributed by atoms with Crippen molar-refractivity contribution in [2.24, 2.45) is 0 Å². The molecule has 6 rings (SSSR count). The van der Waals surface area contributed by atoms with Gasteiger partial charge in [0.05, 0.1) is 16.3 Å². The normalized spacial score (nSPS) is 14.4. The molecule has 0 atom stereocenters. The zero-order valence-electron chi connectivity index (χ0n) is 22.7. The number of rotatable bonds is 9. The summed E-state index contributed by atoms with van der Waals surface area (Å²) in [6.45, 7) is 3.24. The van der Waals surface area contributed by atoms with E-state index < -0.39 is 0 Å². The highest BCUT2D eigenvalue weighted by Crippen LogP contribution is 2.35. The lowest BCUT2D eigenvalue weighted by atomic mass is 10.1. The summed E-state index contributed by atoms with van der Waals surface area (Å²) in [4.78, 5) is 15.5. The fraction of sp³-hybridized carbons (Fsp3) is 0.147. The van der Waals surface area contributed by atoms with E-state index in [9.17, 15) is 4.79 Å². The molecule has 0 spiro atoms. The number of fused-ring (bicyclic) bond motifs is 1. The van der Waals surface area contributed by atoms with Crippen molar-refractivity contribution in [2.45, 2.75) is 26.4 Å². The van der Waals surface area contributed by atoms with Crippen LogP contribution in [0.15, 0.2) is 108 Å². The zero-order chi connectivity index (χ0) is 28.2. The van der Waals surface area contributed by atoms with E-state index in [2.05, 4.69) is 43.3 Å². The Hall–Kier alpha value is -4.20. The molecule has 0 bridgehead atoms. The van der Waals surface area contributed by atoms with Crippen molar-refractivity contribution in [2.75, 3.05) is 6.54 Å². The highest BCUT2D eigenvalue weighted by molar-refractivity contribution is 8.26. The first-order valence-electron chi connectivity index (χ1n) is 13.7. The second-order valence-electron chi connectivity index (χ2n) is 9.85. The van der Waals surface area contributed by atoms with Crippen molar-refractivity contribution in [1.82, 2.24) is 14.7 Å². The number of aromatic nitrogens is 2. The SMILES string of the molecule is CCCCN1C(=O)/C(=C/c2cn(-c3ccccc3)nc2-c2ccc(OCc3cccc4ccccc34)cc2)SC1=S. The number of thioether (sulfide) groups is 1. The number of amides is 1. The third-order valence-corrected chi connectivity index (χ3v) is 8.44. The Labute approximate surface area is 249 Å². The van der Waals surface area contributed by atoms with Gasteiger partial charge in [0.2, 0.25) is 0 Å². The Kier molecular flexibility index (Phi) is 7.98. The van der Waals surface area contributed by atoms with Gasteiger partial charge in [0.25, 0.3) is 5.91 Å². The summed E-state index contributed by atoms with van der Waals surface area (Å²) in [6, 6.07) is 32.5. The molecule has 5 aromatic rings. The van der Waals surface area contributed by atoms with E-state index in [1.807, 2.05) is 77.6 Å². The van der Waals surface area contributed by atoms with Crippen molar-refractivity contribution in [3.8, 4) is 22.7 Å². The van der Waals surface area contributed by atoms with Crippen LogP contribution in [0.1, 0.15) is 30.9 Å². The minimum atomic E-state index is -0.0379. The summed E-state index contributed by atoms with van der Waals surface area (Å²) in [5, 5.41) is 7.33. The van der Waals surface area contributed by atoms with Gasteiger partial charge in [-0.3, -0.25) is 9.69 Å². The van der Waals surface area contributed by atoms with E-state index in [0.717, 1.165) is 46.7 Å². The number of thiocarbonyl (C=S) groups is 1. The largest absolute Gasteiger partial charge is 0.489 e. The molecular formula is C34H29N3O2S2. The van der Waals surface area contributed by atoms with Gasteiger partial charge in [-0.15, -0.1) is 0 Å². The topological polar surface area (TPSA) is 47.4 Å². The third kappa shape index (κ3) is 5.82. The Morgan fingerprint density at radius 1 is 0.927 bits per heavy atom. The van der Waals surface area contributed by atoms with Gasteiger partial charge in [-0.1, -0.05) is 98.0 Å². The van der Waals surface area contributed by atoms with Crippen LogP contribution in [0.4, 0.5) is 0 Å². The quantitative estimate of drug-likeness (QED) is 0.131. The van der Waals surface area contributed by atoms with Crippen LogP contribution in [0, 0.1) is 0 Å². The molecule has 1 aliphatic rings. The van der Waals surface area contributed by atoms with E-state index in [1.54, 1.807) is 4.90 Å². The van der Waals surface area contributed by atoms with E-state index in [0.29, 0.717) is 22.4 Å². The van der Waals surface area contributed by atoms with Gasteiger partial charge < -0.3 is 4.74 Å². The molecule has 1 aliphatic heterocycles. The van der Waals surface area contributed by atoms with Gasteiger partial charge in [0.15, 0.2) is 0 Å². The van der Waals surface area contributed by atoms with Gasteiger partial charge in [-0.2, -0.15) is 5.10 Å². The number of unbranched alkanes of at least 4 members (excludes halogenated alkanes) is 1. The molecule has 1 amide bonds. The standard InChI is InChI=1S/C34H29N3O2S2/c1-2-3-20-36-33(38)31(41-34(36)40)21-27-22-37(28-13-5-4-6-14-28)35-32(27)25-16-18-29(19-17-25)39-23-26-12-9-11-24-10-7-8-15-30(24)26/h4-19,21-22H,2-3,20,23H2,1H3/b31-21-. The van der Waals surface area contributed by atoms with E-state index in [4.69, 9.17) is 22.1 Å². The van der Waals surface area contributed by atoms with Gasteiger partial charge in [-0.05, 0) is 65.2 Å². The molecule has 7 heteroatoms. The predicted molar refractivity (Wildman–Crippen MR) is 172 cm³/mol. The summed E-state index contributed by atoms with van der Waals surface area (Å²) in [5.74, 6) is 0.742. The number of para-hydroxylation sites is 1. The summed E-state index contributed by atoms with van der Waals surface area (Å²) in [7, 11) is 0. The second-order valence-corrected chi connectivity index (χ2v) is 11.5. The molecule has 41 heavy (non-hydrogen) atoms. The van der Waals surface area contributed by atoms with Gasteiger partial charge >= 0.3 is 0 Å². The molecule has 0 N–H and O–H groups in total. The van der Waals surface area contributed by atoms with Crippen LogP contribution in [-0.4, -0.2) is 31.5 Å². The number of benzene rings is 4. The summed E-state index contributed by atoms with van der Waals surface area (Å²) in [6.07, 6.45) is 5.81. The van der Waals surface area contributed by atoms with E-state index in [1.165, 1.54) is 22.5 Å². The smallest absolute Gasteiger partial charge is 0.266 e. The van der Waals surface area contributed by atoms with Crippen LogP contribution in [0.3, 0.4) is 0 Å². The van der Waals surface area contributed by atoms with E-state index in [-0.39, 0.29) is 5.91 Å². The number of carbonyl (C=O) groups is 1. The number of carbonyl (C=O) groups excluding carboxylic acids is 1. The van der Waals surface area contributed by atoms with Gasteiger partial charge in [-0.25, -0.2) is 4.68 Å². The number of hydrogen-bond acceptors (Lipinski definition) is 5. The lowest BCUT2D eigenvalue weighted by Gasteiger charge is -2.13. The van der Waals surface area contributed by atoms with Crippen molar-refractivity contribution >= 4 is 51.1 Å². The molecule has 0 unspecified atom stereocenters. The van der Waals surface area contributed by atoms with E-state index >= 15 is 0 Å². The molecule has 5 nitrogen and oxygen atoms in total. The van der Waals surface area contributed by atoms with Crippen LogP contribution in [0.2, 0.25) is 0 Å². The first-order valence-corrected chi connectivity index (χ1v) is 14.9. The second kappa shape index (κ2) is 12.1. The zero-order valence-corrected chi connectivity index (χ0v) is 24.3. The first kappa shape index (κ1) is 27.0. The molecule has 0 radical (unpaired) electrons. The molecular weight excluding hydrogens is 547 g/mol. The predicted octanol–water partition coefficient (Wildman–Crippen LogP) is 8.27. The van der Waals surface area contributed by atoms with Gasteiger partial charge in [0, 0.05) is 23.9 Å². The van der Waals surface area contributed by atoms with Crippen LogP contribution in [0.25, 0.3) is 33.8 Å². The number of hydrogen-bond donors (Lipinski definition) is 0. The minimum absolute atomic E-state index is 0.0379. The number of ether oxygens (including phenoxy) is 1. The molecule has 1 fully saturated rings. The fourth-order valence-electron chi connectivity index (χ4n) is 4.87. The molecule has 1 aromatic heterocycles. The van der Waals surface area contributed by atoms with Crippen LogP contribution < -0.4 is 4.74 Å². The molecule has 2 heterocycles. The Morgan fingerprint density at radius 2 is 1.68 bits per heavy atom. The average Bonchev–Trinajstić information content (AvgIpc) is 3.55. The van der Waals surface area contributed by atoms with Crippen molar-refractivity contribution in [3.05, 3.63) is 119 Å². The minimum Gasteiger partial charge on any atom is -0.489 e. The lowest BCUT2D eigenvalue weighted by molar-refractivity contribution is -0.122. The van der Waals surface area contributed by atoms with Crippen LogP contribution >= 0.6 is 24.0 Å². The highest BCUT2D eigenvalue weighted by atomic mass is 32.2. The first-order chi connectivity index (χ1) is 20.1. The van der Waals surface area contributed by atoms with Crippen LogP contribution in [-0.2, 0) is 11.4 Å². The van der Waals surface area contributed by atoms with Crippen molar-refractivity contribution in [1.29, 1.82) is 0 Å². The highest BCUT2D eigenvalue weighted by Gasteiger charge is 2.31.